The second-order valence-electron chi connectivity index (χ2n) is 6.92. The first-order chi connectivity index (χ1) is 13.4. The van der Waals surface area contributed by atoms with Crippen molar-refractivity contribution >= 4 is 21.7 Å². The van der Waals surface area contributed by atoms with E-state index in [1.165, 1.54) is 0 Å². The van der Waals surface area contributed by atoms with Crippen molar-refractivity contribution in [2.24, 2.45) is 0 Å². The molecule has 30 heavy (non-hydrogen) atoms. The number of carbonyl (C=O) groups is 1. The van der Waals surface area contributed by atoms with E-state index >= 15 is 0 Å². The van der Waals surface area contributed by atoms with Gasteiger partial charge in [-0.2, -0.15) is 0 Å². The van der Waals surface area contributed by atoms with Gasteiger partial charge in [-0.3, -0.25) is 0 Å². The molecule has 0 heterocycles. The molecule has 0 atom stereocenters. The quantitative estimate of drug-likeness (QED) is 0.211. The summed E-state index contributed by atoms with van der Waals surface area (Å²) in [4.78, 5) is 16.2. The van der Waals surface area contributed by atoms with Gasteiger partial charge in [-0.05, 0) is 63.1 Å². The van der Waals surface area contributed by atoms with E-state index in [0.29, 0.717) is 17.9 Å². The molecule has 1 fully saturated rings. The van der Waals surface area contributed by atoms with Crippen LogP contribution in [0.25, 0.3) is 4.83 Å². The molecule has 0 aromatic heterocycles. The first-order valence-electron chi connectivity index (χ1n) is 9.52. The molecule has 0 spiro atoms. The predicted octanol–water partition coefficient (Wildman–Crippen LogP) is 1.60. The van der Waals surface area contributed by atoms with Gasteiger partial charge in [-0.1, -0.05) is 30.5 Å². The van der Waals surface area contributed by atoms with Crippen LogP contribution in [0.2, 0.25) is 0 Å². The van der Waals surface area contributed by atoms with Crippen LogP contribution in [0, 0.1) is 6.92 Å². The van der Waals surface area contributed by atoms with E-state index < -0.39 is 16.0 Å². The molecule has 0 unspecified atom stereocenters. The fourth-order valence-corrected chi connectivity index (χ4v) is 4.34. The van der Waals surface area contributed by atoms with E-state index in [1.807, 2.05) is 6.92 Å². The van der Waals surface area contributed by atoms with Crippen LogP contribution in [0.3, 0.4) is 0 Å². The molecule has 0 radical (unpaired) electrons. The zero-order valence-corrected chi connectivity index (χ0v) is 23.2. The first kappa shape index (κ1) is 27.0. The number of hydrogen-bond donors (Lipinski definition) is 0. The van der Waals surface area contributed by atoms with Crippen molar-refractivity contribution in [1.29, 1.82) is 0 Å². The summed E-state index contributed by atoms with van der Waals surface area (Å²) in [5, 5.41) is 1.59. The Kier molecular flexibility index (Phi) is 10.9. The SMILES string of the molecule is CCOC(=O)c1ccc(N([N-]S(=O)(=O)c2ccc(C)cc2)C2CCCC2)cc1.[I-].[Zn+2]. The molecule has 9 heteroatoms. The number of halogens is 1. The van der Waals surface area contributed by atoms with Crippen molar-refractivity contribution in [2.45, 2.75) is 50.5 Å². The summed E-state index contributed by atoms with van der Waals surface area (Å²) in [6.07, 6.45) is 3.85. The normalized spacial score (nSPS) is 13.8. The summed E-state index contributed by atoms with van der Waals surface area (Å²) < 4.78 is 30.7. The summed E-state index contributed by atoms with van der Waals surface area (Å²) in [5.41, 5.74) is 2.06. The van der Waals surface area contributed by atoms with Crippen LogP contribution in [0.15, 0.2) is 53.4 Å². The van der Waals surface area contributed by atoms with Crippen LogP contribution in [0.1, 0.15) is 48.5 Å². The van der Waals surface area contributed by atoms with Gasteiger partial charge in [0.15, 0.2) is 0 Å². The molecule has 0 bridgehead atoms. The van der Waals surface area contributed by atoms with E-state index in [0.717, 1.165) is 31.2 Å². The number of carbonyl (C=O) groups excluding carboxylic acids is 1. The number of anilines is 1. The summed E-state index contributed by atoms with van der Waals surface area (Å²) in [7, 11) is -3.84. The Morgan fingerprint density at radius 3 is 2.17 bits per heavy atom. The molecule has 1 aliphatic carbocycles. The number of nitrogens with zero attached hydrogens (tertiary/aromatic N) is 2. The summed E-state index contributed by atoms with van der Waals surface area (Å²) in [6.45, 7) is 3.96. The van der Waals surface area contributed by atoms with E-state index in [9.17, 15) is 13.2 Å². The Hall–Kier alpha value is -1.03. The Balaban J connectivity index is 0.00000225. The van der Waals surface area contributed by atoms with Gasteiger partial charge >= 0.3 is 25.4 Å². The topological polar surface area (TPSA) is 77.8 Å². The maximum absolute atomic E-state index is 12.9. The number of esters is 1. The Morgan fingerprint density at radius 1 is 1.07 bits per heavy atom. The maximum atomic E-state index is 12.9. The van der Waals surface area contributed by atoms with Gasteiger partial charge in [0.25, 0.3) is 0 Å². The number of benzene rings is 2. The van der Waals surface area contributed by atoms with E-state index in [2.05, 4.69) is 4.83 Å². The van der Waals surface area contributed by atoms with Crippen LogP contribution < -0.4 is 29.0 Å². The van der Waals surface area contributed by atoms with Crippen molar-refractivity contribution in [2.75, 3.05) is 11.6 Å². The molecule has 3 rings (SSSR count). The van der Waals surface area contributed by atoms with E-state index in [-0.39, 0.29) is 54.4 Å². The molecule has 0 aliphatic heterocycles. The van der Waals surface area contributed by atoms with E-state index in [1.54, 1.807) is 60.5 Å². The van der Waals surface area contributed by atoms with Gasteiger partial charge in [0.2, 0.25) is 0 Å². The summed E-state index contributed by atoms with van der Waals surface area (Å²) in [6, 6.07) is 13.4. The van der Waals surface area contributed by atoms with Crippen LogP contribution in [-0.2, 0) is 34.2 Å². The third-order valence-electron chi connectivity index (χ3n) is 4.83. The number of ether oxygens (including phenoxy) is 1. The Morgan fingerprint density at radius 2 is 1.63 bits per heavy atom. The van der Waals surface area contributed by atoms with Gasteiger partial charge in [0.05, 0.1) is 12.2 Å². The van der Waals surface area contributed by atoms with Crippen molar-refractivity contribution < 1.29 is 61.4 Å². The smallest absolute Gasteiger partial charge is 1.00 e. The number of rotatable bonds is 7. The molecule has 158 valence electrons. The van der Waals surface area contributed by atoms with Crippen LogP contribution >= 0.6 is 0 Å². The number of hydrogen-bond acceptors (Lipinski definition) is 5. The molecule has 0 amide bonds. The Bertz CT molecular complexity index is 915. The monoisotopic (exact) mass is 592 g/mol. The molecule has 6 nitrogen and oxygen atoms in total. The standard InChI is InChI=1S/C21H25N2O4S.HI.Zn/c1-3-27-21(24)17-10-12-19(13-11-17)23(18-6-4-5-7-18)22-28(25,26)20-14-8-16(2)9-15-20;;/h8-15,18H,3-7H2,1-2H3;1H;/q-1;;+2/p-1. The average Bonchev–Trinajstić information content (AvgIpc) is 3.21. The van der Waals surface area contributed by atoms with Crippen molar-refractivity contribution in [3.8, 4) is 0 Å². The fourth-order valence-electron chi connectivity index (χ4n) is 3.31. The minimum Gasteiger partial charge on any atom is -1.00 e. The molecule has 0 N–H and O–H groups in total. The van der Waals surface area contributed by atoms with Gasteiger partial charge in [0, 0.05) is 16.6 Å². The number of sulfonamides is 1. The van der Waals surface area contributed by atoms with Crippen LogP contribution in [0.5, 0.6) is 0 Å². The summed E-state index contributed by atoms with van der Waals surface area (Å²) >= 11 is 0. The molecule has 1 aliphatic rings. The minimum absolute atomic E-state index is 0. The molecule has 0 saturated heterocycles. The zero-order valence-electron chi connectivity index (χ0n) is 17.3. The third-order valence-corrected chi connectivity index (χ3v) is 6.09. The van der Waals surface area contributed by atoms with Gasteiger partial charge in [-0.25, -0.2) is 13.2 Å². The average molecular weight is 594 g/mol. The van der Waals surface area contributed by atoms with Gasteiger partial charge in [-0.15, -0.1) is 0 Å². The zero-order chi connectivity index (χ0) is 20.1. The van der Waals surface area contributed by atoms with Gasteiger partial charge in [0.1, 0.15) is 10.0 Å². The minimum atomic E-state index is -3.84. The Labute approximate surface area is 208 Å². The molecular formula is C21H25IN2O4SZn. The molecule has 2 aromatic rings. The van der Waals surface area contributed by atoms with Crippen LogP contribution in [0.4, 0.5) is 5.69 Å². The first-order valence-corrected chi connectivity index (χ1v) is 11.0. The third kappa shape index (κ3) is 6.74. The molecule has 2 aromatic carbocycles. The van der Waals surface area contributed by atoms with Gasteiger partial charge < -0.3 is 38.6 Å². The number of aryl methyl sites for hydroxylation is 1. The largest absolute Gasteiger partial charge is 2.00 e. The second-order valence-corrected chi connectivity index (χ2v) is 8.50. The van der Waals surface area contributed by atoms with Crippen molar-refractivity contribution in [3.63, 3.8) is 0 Å². The maximum Gasteiger partial charge on any atom is 2.00 e. The van der Waals surface area contributed by atoms with Crippen molar-refractivity contribution in [1.82, 2.24) is 0 Å². The summed E-state index contributed by atoms with van der Waals surface area (Å²) in [5.74, 6) is -0.398. The van der Waals surface area contributed by atoms with Crippen LogP contribution in [-0.4, -0.2) is 27.0 Å². The van der Waals surface area contributed by atoms with Crippen molar-refractivity contribution in [3.05, 3.63) is 64.5 Å². The predicted molar refractivity (Wildman–Crippen MR) is 109 cm³/mol. The molecule has 1 saturated carbocycles. The fraction of sp³-hybridized carbons (Fsp3) is 0.381. The second kappa shape index (κ2) is 12.1. The van der Waals surface area contributed by atoms with E-state index in [4.69, 9.17) is 4.74 Å². The molecular weight excluding hydrogens is 569 g/mol.